The molecule has 0 spiro atoms. The van der Waals surface area contributed by atoms with Crippen molar-refractivity contribution in [2.45, 2.75) is 37.1 Å². The molecule has 1 aromatic rings. The predicted octanol–water partition coefficient (Wildman–Crippen LogP) is 2.51. The molecule has 1 aliphatic rings. The first-order valence-corrected chi connectivity index (χ1v) is 7.91. The van der Waals surface area contributed by atoms with Crippen molar-refractivity contribution in [1.29, 1.82) is 0 Å². The summed E-state index contributed by atoms with van der Waals surface area (Å²) in [5.74, 6) is 0. The fourth-order valence-electron chi connectivity index (χ4n) is 2.40. The summed E-state index contributed by atoms with van der Waals surface area (Å²) in [7, 11) is 1.83. The van der Waals surface area contributed by atoms with Gasteiger partial charge in [-0.3, -0.25) is 4.98 Å². The maximum atomic E-state index is 12.1. The topological polar surface area (TPSA) is 45.2 Å². The van der Waals surface area contributed by atoms with Gasteiger partial charge in [-0.05, 0) is 43.2 Å². The maximum absolute atomic E-state index is 12.1. The summed E-state index contributed by atoms with van der Waals surface area (Å²) in [6, 6.07) is 4.22. The van der Waals surface area contributed by atoms with Crippen LogP contribution in [0.1, 0.15) is 24.8 Å². The zero-order chi connectivity index (χ0) is 13.7. The lowest BCUT2D eigenvalue weighted by Crippen LogP contribution is -2.41. The van der Waals surface area contributed by atoms with Gasteiger partial charge in [-0.25, -0.2) is 4.79 Å². The van der Waals surface area contributed by atoms with E-state index in [0.717, 1.165) is 18.4 Å². The van der Waals surface area contributed by atoms with Crippen LogP contribution in [0.5, 0.6) is 0 Å². The second kappa shape index (κ2) is 6.80. The molecular weight excluding hydrogens is 258 g/mol. The lowest BCUT2D eigenvalue weighted by molar-refractivity contribution is 0.203. The highest BCUT2D eigenvalue weighted by atomic mass is 32.2. The number of carbonyl (C=O) groups excluding carboxylic acids is 1. The minimum absolute atomic E-state index is 0.0172. The van der Waals surface area contributed by atoms with Crippen LogP contribution in [0, 0.1) is 0 Å². The summed E-state index contributed by atoms with van der Waals surface area (Å²) in [4.78, 5) is 17.8. The van der Waals surface area contributed by atoms with Gasteiger partial charge in [0.15, 0.2) is 0 Å². The molecule has 1 aromatic heterocycles. The van der Waals surface area contributed by atoms with Crippen LogP contribution in [0.4, 0.5) is 4.79 Å². The van der Waals surface area contributed by atoms with Crippen LogP contribution >= 0.6 is 11.8 Å². The molecule has 2 amide bonds. The van der Waals surface area contributed by atoms with Gasteiger partial charge >= 0.3 is 6.03 Å². The molecule has 1 aliphatic carbocycles. The summed E-state index contributed by atoms with van der Waals surface area (Å²) in [6.45, 7) is 0.618. The van der Waals surface area contributed by atoms with Crippen LogP contribution in [0.15, 0.2) is 24.5 Å². The molecule has 2 atom stereocenters. The second-order valence-corrected chi connectivity index (χ2v) is 6.17. The van der Waals surface area contributed by atoms with Crippen molar-refractivity contribution >= 4 is 17.8 Å². The van der Waals surface area contributed by atoms with Crippen LogP contribution in [-0.4, -0.2) is 40.5 Å². The number of aromatic nitrogens is 1. The van der Waals surface area contributed by atoms with Crippen molar-refractivity contribution in [1.82, 2.24) is 15.2 Å². The summed E-state index contributed by atoms with van der Waals surface area (Å²) < 4.78 is 0. The van der Waals surface area contributed by atoms with Gasteiger partial charge in [0.25, 0.3) is 0 Å². The summed E-state index contributed by atoms with van der Waals surface area (Å²) in [5.41, 5.74) is 1.10. The molecule has 0 unspecified atom stereocenters. The second-order valence-electron chi connectivity index (χ2n) is 5.03. The quantitative estimate of drug-likeness (QED) is 0.921. The van der Waals surface area contributed by atoms with Gasteiger partial charge in [0.1, 0.15) is 0 Å². The van der Waals surface area contributed by atoms with Crippen molar-refractivity contribution in [2.75, 3.05) is 13.3 Å². The monoisotopic (exact) mass is 279 g/mol. The van der Waals surface area contributed by atoms with Gasteiger partial charge in [0, 0.05) is 37.3 Å². The van der Waals surface area contributed by atoms with E-state index in [1.165, 1.54) is 6.42 Å². The van der Waals surface area contributed by atoms with Crippen molar-refractivity contribution in [3.05, 3.63) is 30.1 Å². The highest BCUT2D eigenvalue weighted by Crippen LogP contribution is 2.28. The summed E-state index contributed by atoms with van der Waals surface area (Å²) in [5, 5.41) is 3.83. The lowest BCUT2D eigenvalue weighted by atomic mass is 10.2. The van der Waals surface area contributed by atoms with Crippen LogP contribution in [0.3, 0.4) is 0 Å². The van der Waals surface area contributed by atoms with Crippen molar-refractivity contribution in [3.8, 4) is 0 Å². The molecule has 0 saturated heterocycles. The predicted molar refractivity (Wildman–Crippen MR) is 79.2 cm³/mol. The molecule has 1 saturated carbocycles. The highest BCUT2D eigenvalue weighted by Gasteiger charge is 2.25. The zero-order valence-electron chi connectivity index (χ0n) is 11.5. The average Bonchev–Trinajstić information content (AvgIpc) is 2.87. The van der Waals surface area contributed by atoms with Gasteiger partial charge in [0.2, 0.25) is 0 Å². The van der Waals surface area contributed by atoms with E-state index in [-0.39, 0.29) is 6.03 Å². The Kier molecular flexibility index (Phi) is 5.07. The Morgan fingerprint density at radius 2 is 2.21 bits per heavy atom. The van der Waals surface area contributed by atoms with E-state index in [1.807, 2.05) is 30.9 Å². The number of nitrogens with one attached hydrogen (secondary N) is 1. The molecule has 4 nitrogen and oxygen atoms in total. The normalized spacial score (nSPS) is 22.2. The molecular formula is C14H21N3OS. The summed E-state index contributed by atoms with van der Waals surface area (Å²) in [6.07, 6.45) is 9.04. The van der Waals surface area contributed by atoms with E-state index in [9.17, 15) is 4.79 Å². The van der Waals surface area contributed by atoms with Gasteiger partial charge in [-0.15, -0.1) is 0 Å². The van der Waals surface area contributed by atoms with Gasteiger partial charge in [0.05, 0.1) is 0 Å². The van der Waals surface area contributed by atoms with E-state index < -0.39 is 0 Å². The van der Waals surface area contributed by atoms with Gasteiger partial charge < -0.3 is 10.2 Å². The fraction of sp³-hybridized carbons (Fsp3) is 0.571. The Labute approximate surface area is 119 Å². The number of urea groups is 1. The standard InChI is InChI=1S/C14H21N3OS/c1-17(10-11-5-7-15-8-6-11)14(18)16-12-3-4-13(9-12)19-2/h5-8,12-13H,3-4,9-10H2,1-2H3,(H,16,18)/t12-,13-/m1/s1. The third-order valence-electron chi connectivity index (χ3n) is 3.56. The first-order valence-electron chi connectivity index (χ1n) is 6.62. The molecule has 0 radical (unpaired) electrons. The van der Waals surface area contributed by atoms with E-state index in [0.29, 0.717) is 17.8 Å². The zero-order valence-corrected chi connectivity index (χ0v) is 12.3. The first-order chi connectivity index (χ1) is 9.19. The Balaban J connectivity index is 1.80. The molecule has 104 valence electrons. The van der Waals surface area contributed by atoms with E-state index >= 15 is 0 Å². The maximum Gasteiger partial charge on any atom is 0.317 e. The third kappa shape index (κ3) is 4.13. The molecule has 2 rings (SSSR count). The number of carbonyl (C=O) groups is 1. The molecule has 1 fully saturated rings. The van der Waals surface area contributed by atoms with Crippen LogP contribution in [-0.2, 0) is 6.54 Å². The first kappa shape index (κ1) is 14.2. The van der Waals surface area contributed by atoms with E-state index in [1.54, 1.807) is 17.3 Å². The van der Waals surface area contributed by atoms with Gasteiger partial charge in [-0.2, -0.15) is 11.8 Å². The van der Waals surface area contributed by atoms with Crippen molar-refractivity contribution in [3.63, 3.8) is 0 Å². The molecule has 1 N–H and O–H groups in total. The Morgan fingerprint density at radius 1 is 1.47 bits per heavy atom. The largest absolute Gasteiger partial charge is 0.335 e. The van der Waals surface area contributed by atoms with E-state index in [2.05, 4.69) is 16.6 Å². The Bertz CT molecular complexity index is 412. The number of rotatable bonds is 4. The van der Waals surface area contributed by atoms with Crippen molar-refractivity contribution < 1.29 is 4.79 Å². The van der Waals surface area contributed by atoms with E-state index in [4.69, 9.17) is 0 Å². The third-order valence-corrected chi connectivity index (χ3v) is 4.66. The smallest absolute Gasteiger partial charge is 0.317 e. The minimum atomic E-state index is 0.0172. The molecule has 0 aromatic carbocycles. The van der Waals surface area contributed by atoms with Gasteiger partial charge in [-0.1, -0.05) is 0 Å². The highest BCUT2D eigenvalue weighted by molar-refractivity contribution is 7.99. The number of nitrogens with zero attached hydrogens (tertiary/aromatic N) is 2. The van der Waals surface area contributed by atoms with Crippen LogP contribution in [0.25, 0.3) is 0 Å². The number of hydrogen-bond donors (Lipinski definition) is 1. The van der Waals surface area contributed by atoms with Crippen LogP contribution < -0.4 is 5.32 Å². The Hall–Kier alpha value is -1.23. The number of pyridine rings is 1. The number of hydrogen-bond acceptors (Lipinski definition) is 3. The number of thioether (sulfide) groups is 1. The molecule has 0 aliphatic heterocycles. The Morgan fingerprint density at radius 3 is 2.84 bits per heavy atom. The molecule has 1 heterocycles. The molecule has 0 bridgehead atoms. The average molecular weight is 279 g/mol. The number of amides is 2. The molecule has 19 heavy (non-hydrogen) atoms. The minimum Gasteiger partial charge on any atom is -0.335 e. The van der Waals surface area contributed by atoms with Crippen LogP contribution in [0.2, 0.25) is 0 Å². The lowest BCUT2D eigenvalue weighted by Gasteiger charge is -2.21. The fourth-order valence-corrected chi connectivity index (χ4v) is 3.20. The molecule has 5 heteroatoms. The SMILES string of the molecule is CS[C@@H]1CC[C@@H](NC(=O)N(C)Cc2ccncc2)C1. The summed E-state index contributed by atoms with van der Waals surface area (Å²) >= 11 is 1.90. The van der Waals surface area contributed by atoms with Crippen molar-refractivity contribution in [2.24, 2.45) is 0 Å².